The summed E-state index contributed by atoms with van der Waals surface area (Å²) in [4.78, 5) is 14.0. The van der Waals surface area contributed by atoms with Gasteiger partial charge in [-0.1, -0.05) is 24.3 Å². The highest BCUT2D eigenvalue weighted by Crippen LogP contribution is 2.46. The van der Waals surface area contributed by atoms with E-state index in [9.17, 15) is 4.79 Å². The van der Waals surface area contributed by atoms with Crippen LogP contribution in [0.5, 0.6) is 23.0 Å². The number of fused-ring (bicyclic) bond motifs is 1. The maximum atomic E-state index is 14.0. The molecule has 0 bridgehead atoms. The Balaban J connectivity index is 1.55. The highest BCUT2D eigenvalue weighted by molar-refractivity contribution is 6.01. The van der Waals surface area contributed by atoms with Gasteiger partial charge in [0.2, 0.25) is 0 Å². The Morgan fingerprint density at radius 2 is 1.44 bits per heavy atom. The predicted octanol–water partition coefficient (Wildman–Crippen LogP) is 7.65. The molecule has 0 radical (unpaired) electrons. The van der Waals surface area contributed by atoms with Crippen LogP contribution in [0.1, 0.15) is 70.5 Å². The second-order valence-electron chi connectivity index (χ2n) is 11.1. The van der Waals surface area contributed by atoms with Crippen LogP contribution in [0, 0.1) is 0 Å². The molecular formula is C34H40N2O5. The number of hydrogen-bond acceptors (Lipinski definition) is 7. The molecule has 0 aromatic heterocycles. The van der Waals surface area contributed by atoms with Gasteiger partial charge in [-0.2, -0.15) is 0 Å². The van der Waals surface area contributed by atoms with Gasteiger partial charge in [0.05, 0.1) is 43.3 Å². The van der Waals surface area contributed by atoms with Gasteiger partial charge in [0, 0.05) is 17.7 Å². The van der Waals surface area contributed by atoms with Crippen molar-refractivity contribution in [1.82, 2.24) is 0 Å². The first-order valence-electron chi connectivity index (χ1n) is 14.4. The molecule has 3 aromatic carbocycles. The second kappa shape index (κ2) is 12.2. The van der Waals surface area contributed by atoms with Crippen LogP contribution in [-0.2, 0) is 4.79 Å². The third-order valence-electron chi connectivity index (χ3n) is 7.29. The van der Waals surface area contributed by atoms with Crippen LogP contribution in [0.25, 0.3) is 0 Å². The summed E-state index contributed by atoms with van der Waals surface area (Å²) in [5, 5.41) is 7.28. The average molecular weight is 557 g/mol. The third kappa shape index (κ3) is 6.14. The number of carbonyl (C=O) groups is 1. The van der Waals surface area contributed by atoms with Crippen LogP contribution in [0.4, 0.5) is 11.4 Å². The highest BCUT2D eigenvalue weighted by Gasteiger charge is 2.36. The zero-order valence-electron chi connectivity index (χ0n) is 24.7. The molecule has 3 aromatic rings. The number of allylic oxidation sites excluding steroid dienone is 1. The van der Waals surface area contributed by atoms with Crippen LogP contribution < -0.4 is 29.6 Å². The monoisotopic (exact) mass is 556 g/mol. The second-order valence-corrected chi connectivity index (χ2v) is 11.1. The summed E-state index contributed by atoms with van der Waals surface area (Å²) >= 11 is 0. The first-order chi connectivity index (χ1) is 19.8. The number of Topliss-reactive ketones (excluding diaryl/α,β-unsaturated/α-hetero) is 1. The lowest BCUT2D eigenvalue weighted by atomic mass is 9.78. The molecule has 41 heavy (non-hydrogen) atoms. The minimum absolute atomic E-state index is 0.00228. The van der Waals surface area contributed by atoms with Crippen LogP contribution in [0.2, 0.25) is 0 Å². The molecule has 7 heteroatoms. The number of rotatable bonds is 9. The van der Waals surface area contributed by atoms with Gasteiger partial charge in [0.25, 0.3) is 0 Å². The van der Waals surface area contributed by atoms with E-state index in [1.807, 2.05) is 95.3 Å². The van der Waals surface area contributed by atoms with Crippen LogP contribution >= 0.6 is 0 Å². The minimum Gasteiger partial charge on any atom is -0.493 e. The smallest absolute Gasteiger partial charge is 0.163 e. The molecule has 0 fully saturated rings. The van der Waals surface area contributed by atoms with Crippen molar-refractivity contribution in [2.45, 2.75) is 71.6 Å². The molecular weight excluding hydrogens is 516 g/mol. The lowest BCUT2D eigenvalue weighted by Crippen LogP contribution is -2.27. The Bertz CT molecular complexity index is 1440. The number of methoxy groups -OCH3 is 1. The van der Waals surface area contributed by atoms with E-state index in [1.165, 1.54) is 0 Å². The fourth-order valence-electron chi connectivity index (χ4n) is 5.59. The first kappa shape index (κ1) is 28.4. The van der Waals surface area contributed by atoms with E-state index in [0.29, 0.717) is 42.4 Å². The number of ketones is 1. The van der Waals surface area contributed by atoms with Gasteiger partial charge in [-0.25, -0.2) is 0 Å². The number of benzene rings is 3. The average Bonchev–Trinajstić information content (AvgIpc) is 3.11. The highest BCUT2D eigenvalue weighted by atomic mass is 16.5. The number of para-hydroxylation sites is 2. The van der Waals surface area contributed by atoms with E-state index in [-0.39, 0.29) is 30.0 Å². The molecule has 1 aliphatic heterocycles. The molecule has 2 unspecified atom stereocenters. The van der Waals surface area contributed by atoms with Crippen molar-refractivity contribution >= 4 is 17.2 Å². The third-order valence-corrected chi connectivity index (χ3v) is 7.29. The summed E-state index contributed by atoms with van der Waals surface area (Å²) in [7, 11) is 1.65. The molecule has 0 saturated heterocycles. The van der Waals surface area contributed by atoms with Crippen molar-refractivity contribution in [3.05, 3.63) is 83.1 Å². The van der Waals surface area contributed by atoms with Gasteiger partial charge in [-0.3, -0.25) is 4.79 Å². The fraction of sp³-hybridized carbons (Fsp3) is 0.382. The van der Waals surface area contributed by atoms with Gasteiger partial charge in [-0.15, -0.1) is 0 Å². The van der Waals surface area contributed by atoms with E-state index in [0.717, 1.165) is 33.8 Å². The minimum atomic E-state index is -0.349. The Kier molecular flexibility index (Phi) is 8.43. The summed E-state index contributed by atoms with van der Waals surface area (Å²) in [6, 6.07) is 19.7. The number of carbonyl (C=O) groups excluding carboxylic acids is 1. The van der Waals surface area contributed by atoms with Crippen molar-refractivity contribution in [3.8, 4) is 23.0 Å². The van der Waals surface area contributed by atoms with Gasteiger partial charge in [0.1, 0.15) is 0 Å². The number of hydrogen-bond donors (Lipinski definition) is 2. The number of ether oxygens (including phenoxy) is 4. The molecule has 0 saturated carbocycles. The molecule has 216 valence electrons. The van der Waals surface area contributed by atoms with Crippen molar-refractivity contribution in [2.24, 2.45) is 0 Å². The van der Waals surface area contributed by atoms with Gasteiger partial charge >= 0.3 is 0 Å². The van der Waals surface area contributed by atoms with Crippen molar-refractivity contribution in [2.75, 3.05) is 24.4 Å². The summed E-state index contributed by atoms with van der Waals surface area (Å²) < 4.78 is 23.5. The zero-order chi connectivity index (χ0) is 29.1. The lowest BCUT2D eigenvalue weighted by Gasteiger charge is -2.30. The Labute approximate surface area is 242 Å². The quantitative estimate of drug-likeness (QED) is 0.280. The molecule has 5 rings (SSSR count). The molecule has 2 N–H and O–H groups in total. The van der Waals surface area contributed by atoms with Crippen LogP contribution in [0.3, 0.4) is 0 Å². The zero-order valence-corrected chi connectivity index (χ0v) is 24.7. The maximum Gasteiger partial charge on any atom is 0.163 e. The van der Waals surface area contributed by atoms with E-state index < -0.39 is 0 Å². The van der Waals surface area contributed by atoms with Crippen LogP contribution in [-0.4, -0.2) is 31.7 Å². The number of nitrogens with one attached hydrogen (secondary N) is 2. The predicted molar refractivity (Wildman–Crippen MR) is 163 cm³/mol. The van der Waals surface area contributed by atoms with E-state index in [4.69, 9.17) is 18.9 Å². The maximum absolute atomic E-state index is 14.0. The lowest BCUT2D eigenvalue weighted by molar-refractivity contribution is -0.116. The molecule has 1 aliphatic carbocycles. The number of anilines is 2. The molecule has 0 spiro atoms. The summed E-state index contributed by atoms with van der Waals surface area (Å²) in [5.41, 5.74) is 5.56. The van der Waals surface area contributed by atoms with Gasteiger partial charge in [0.15, 0.2) is 28.8 Å². The van der Waals surface area contributed by atoms with Crippen molar-refractivity contribution < 1.29 is 23.7 Å². The summed E-state index contributed by atoms with van der Waals surface area (Å²) in [6.07, 6.45) is 1.14. The molecule has 7 nitrogen and oxygen atoms in total. The normalized spacial score (nSPS) is 18.2. The van der Waals surface area contributed by atoms with E-state index in [2.05, 4.69) is 10.6 Å². The Morgan fingerprint density at radius 3 is 2.10 bits per heavy atom. The topological polar surface area (TPSA) is 78.1 Å². The van der Waals surface area contributed by atoms with Gasteiger partial charge < -0.3 is 29.6 Å². The Morgan fingerprint density at radius 1 is 0.805 bits per heavy atom. The molecule has 2 aliphatic rings. The molecule has 0 amide bonds. The molecule has 1 heterocycles. The van der Waals surface area contributed by atoms with Crippen molar-refractivity contribution in [3.63, 3.8) is 0 Å². The van der Waals surface area contributed by atoms with E-state index in [1.54, 1.807) is 7.11 Å². The van der Waals surface area contributed by atoms with Crippen LogP contribution in [0.15, 0.2) is 71.9 Å². The van der Waals surface area contributed by atoms with Gasteiger partial charge in [-0.05, 0) is 94.5 Å². The van der Waals surface area contributed by atoms with Crippen molar-refractivity contribution in [1.29, 1.82) is 0 Å². The standard InChI is InChI=1S/C34H40N2O5/c1-7-39-32-19-23(13-15-30(32)41-21(4)5)34-33-27(35-25-10-8-9-11-26(25)36-34)16-24(17-28(33)37)22-12-14-29(40-20(2)3)31(18-22)38-6/h8-15,18-21,24,34-36H,7,16-17H2,1-6H3. The summed E-state index contributed by atoms with van der Waals surface area (Å²) in [5.74, 6) is 2.85. The largest absolute Gasteiger partial charge is 0.493 e. The molecule has 2 atom stereocenters. The van der Waals surface area contributed by atoms with E-state index >= 15 is 0 Å². The first-order valence-corrected chi connectivity index (χ1v) is 14.4. The Hall–Kier alpha value is -4.13. The fourth-order valence-corrected chi connectivity index (χ4v) is 5.59. The summed E-state index contributed by atoms with van der Waals surface area (Å²) in [6.45, 7) is 10.4. The SMILES string of the molecule is CCOc1cc(C2Nc3ccccc3NC3=C2C(=O)CC(c2ccc(OC(C)C)c(OC)c2)C3)ccc1OC(C)C.